The summed E-state index contributed by atoms with van der Waals surface area (Å²) in [6, 6.07) is 15.9. The molecule has 1 fully saturated rings. The number of benzene rings is 2. The molecule has 0 radical (unpaired) electrons. The van der Waals surface area contributed by atoms with Crippen LogP contribution in [0.25, 0.3) is 0 Å². The van der Waals surface area contributed by atoms with Crippen LogP contribution in [0.4, 0.5) is 0 Å². The number of aromatic hydroxyl groups is 1. The average Bonchev–Trinajstić information content (AvgIpc) is 2.85. The van der Waals surface area contributed by atoms with Crippen molar-refractivity contribution in [3.05, 3.63) is 59.7 Å². The first-order valence-electron chi connectivity index (χ1n) is 7.41. The first kappa shape index (κ1) is 14.9. The van der Waals surface area contributed by atoms with Gasteiger partial charge in [0.1, 0.15) is 12.3 Å². The molecule has 0 unspecified atom stereocenters. The smallest absolute Gasteiger partial charge is 0.160 e. The molecule has 2 aromatic rings. The highest BCUT2D eigenvalue weighted by molar-refractivity contribution is 5.42. The molecule has 0 bridgehead atoms. The van der Waals surface area contributed by atoms with Crippen LogP contribution in [0.1, 0.15) is 30.4 Å². The predicted octanol–water partition coefficient (Wildman–Crippen LogP) is 3.49. The molecular weight excluding hydrogens is 278 g/mol. The van der Waals surface area contributed by atoms with Crippen molar-refractivity contribution in [1.29, 1.82) is 0 Å². The van der Waals surface area contributed by atoms with Gasteiger partial charge in [0.2, 0.25) is 0 Å². The van der Waals surface area contributed by atoms with E-state index in [0.717, 1.165) is 5.56 Å². The molecule has 116 valence electrons. The van der Waals surface area contributed by atoms with Gasteiger partial charge in [0.15, 0.2) is 11.5 Å². The SMILES string of the molecule is COc1cc([C@@H]2O[C@H](c3ccccc3)[C@H](C)N2C)ccc1O. The van der Waals surface area contributed by atoms with E-state index in [2.05, 4.69) is 31.0 Å². The molecule has 1 aliphatic rings. The topological polar surface area (TPSA) is 41.9 Å². The highest BCUT2D eigenvalue weighted by Crippen LogP contribution is 2.42. The molecule has 1 saturated heterocycles. The van der Waals surface area contributed by atoms with Crippen molar-refractivity contribution in [1.82, 2.24) is 4.90 Å². The molecule has 2 aromatic carbocycles. The maximum atomic E-state index is 9.75. The summed E-state index contributed by atoms with van der Waals surface area (Å²) < 4.78 is 11.5. The van der Waals surface area contributed by atoms with Gasteiger partial charge in [-0.1, -0.05) is 36.4 Å². The van der Waals surface area contributed by atoms with Gasteiger partial charge in [-0.05, 0) is 37.2 Å². The molecule has 1 heterocycles. The van der Waals surface area contributed by atoms with E-state index in [9.17, 15) is 5.11 Å². The van der Waals surface area contributed by atoms with Crippen LogP contribution >= 0.6 is 0 Å². The fraction of sp³-hybridized carbons (Fsp3) is 0.333. The third-order valence-corrected chi connectivity index (χ3v) is 4.34. The van der Waals surface area contributed by atoms with Crippen molar-refractivity contribution < 1.29 is 14.6 Å². The van der Waals surface area contributed by atoms with Gasteiger partial charge in [0.25, 0.3) is 0 Å². The van der Waals surface area contributed by atoms with Crippen molar-refractivity contribution in [2.75, 3.05) is 14.2 Å². The summed E-state index contributed by atoms with van der Waals surface area (Å²) in [6.45, 7) is 2.16. The Kier molecular flexibility index (Phi) is 4.05. The highest BCUT2D eigenvalue weighted by Gasteiger charge is 2.38. The standard InChI is InChI=1S/C18H21NO3/c1-12-17(13-7-5-4-6-8-13)22-18(19(12)2)14-9-10-15(20)16(11-14)21-3/h4-12,17-18,20H,1-3H3/t12-,17-,18-/m0/s1. The lowest BCUT2D eigenvalue weighted by Crippen LogP contribution is -2.27. The molecule has 3 rings (SSSR count). The summed E-state index contributed by atoms with van der Waals surface area (Å²) in [5.41, 5.74) is 2.15. The van der Waals surface area contributed by atoms with Crippen LogP contribution in [0, 0.1) is 0 Å². The summed E-state index contributed by atoms with van der Waals surface area (Å²) >= 11 is 0. The van der Waals surface area contributed by atoms with E-state index in [0.29, 0.717) is 5.75 Å². The van der Waals surface area contributed by atoms with Crippen molar-refractivity contribution in [3.8, 4) is 11.5 Å². The van der Waals surface area contributed by atoms with Gasteiger partial charge in [-0.25, -0.2) is 0 Å². The number of phenols is 1. The molecule has 22 heavy (non-hydrogen) atoms. The molecule has 1 N–H and O–H groups in total. The Morgan fingerprint density at radius 3 is 2.50 bits per heavy atom. The monoisotopic (exact) mass is 299 g/mol. The zero-order chi connectivity index (χ0) is 15.7. The van der Waals surface area contributed by atoms with Gasteiger partial charge < -0.3 is 14.6 Å². The molecule has 0 saturated carbocycles. The molecule has 4 heteroatoms. The Bertz CT molecular complexity index is 644. The van der Waals surface area contributed by atoms with Gasteiger partial charge in [-0.15, -0.1) is 0 Å². The third kappa shape index (κ3) is 2.56. The first-order chi connectivity index (χ1) is 10.6. The molecule has 4 nitrogen and oxygen atoms in total. The number of likely N-dealkylation sites (N-methyl/N-ethyl adjacent to an activating group) is 1. The van der Waals surface area contributed by atoms with Gasteiger partial charge in [0, 0.05) is 6.04 Å². The minimum Gasteiger partial charge on any atom is -0.504 e. The maximum Gasteiger partial charge on any atom is 0.160 e. The zero-order valence-corrected chi connectivity index (χ0v) is 13.1. The molecular formula is C18H21NO3. The number of nitrogens with zero attached hydrogens (tertiary/aromatic N) is 1. The van der Waals surface area contributed by atoms with Crippen LogP contribution in [0.3, 0.4) is 0 Å². The molecule has 0 aliphatic carbocycles. The number of hydrogen-bond acceptors (Lipinski definition) is 4. The predicted molar refractivity (Wildman–Crippen MR) is 84.9 cm³/mol. The Hall–Kier alpha value is -2.04. The normalized spacial score (nSPS) is 25.3. The molecule has 0 spiro atoms. The van der Waals surface area contributed by atoms with E-state index in [1.807, 2.05) is 30.3 Å². The number of methoxy groups -OCH3 is 1. The van der Waals surface area contributed by atoms with Crippen molar-refractivity contribution in [2.24, 2.45) is 0 Å². The summed E-state index contributed by atoms with van der Waals surface area (Å²) in [5, 5.41) is 9.75. The minimum absolute atomic E-state index is 0.0241. The summed E-state index contributed by atoms with van der Waals surface area (Å²) in [4.78, 5) is 2.20. The molecule has 0 aromatic heterocycles. The van der Waals surface area contributed by atoms with Crippen molar-refractivity contribution >= 4 is 0 Å². The third-order valence-electron chi connectivity index (χ3n) is 4.34. The second-order valence-electron chi connectivity index (χ2n) is 5.66. The Morgan fingerprint density at radius 1 is 1.09 bits per heavy atom. The Balaban J connectivity index is 1.90. The van der Waals surface area contributed by atoms with Gasteiger partial charge >= 0.3 is 0 Å². The zero-order valence-electron chi connectivity index (χ0n) is 13.1. The second-order valence-corrected chi connectivity index (χ2v) is 5.66. The first-order valence-corrected chi connectivity index (χ1v) is 7.41. The number of rotatable bonds is 3. The Labute approximate surface area is 130 Å². The van der Waals surface area contributed by atoms with Crippen LogP contribution in [-0.4, -0.2) is 30.2 Å². The van der Waals surface area contributed by atoms with Gasteiger partial charge in [0.05, 0.1) is 7.11 Å². The lowest BCUT2D eigenvalue weighted by atomic mass is 10.0. The largest absolute Gasteiger partial charge is 0.504 e. The van der Waals surface area contributed by atoms with E-state index in [1.54, 1.807) is 13.2 Å². The average molecular weight is 299 g/mol. The van der Waals surface area contributed by atoms with Crippen LogP contribution in [-0.2, 0) is 4.74 Å². The maximum absolute atomic E-state index is 9.75. The fourth-order valence-corrected chi connectivity index (χ4v) is 2.94. The fourth-order valence-electron chi connectivity index (χ4n) is 2.94. The summed E-state index contributed by atoms with van der Waals surface area (Å²) in [6.07, 6.45) is -0.134. The van der Waals surface area contributed by atoms with E-state index in [-0.39, 0.29) is 24.1 Å². The van der Waals surface area contributed by atoms with Gasteiger partial charge in [-0.3, -0.25) is 4.90 Å². The number of phenolic OH excluding ortho intramolecular Hbond substituents is 1. The van der Waals surface area contributed by atoms with Gasteiger partial charge in [-0.2, -0.15) is 0 Å². The quantitative estimate of drug-likeness (QED) is 0.942. The Morgan fingerprint density at radius 2 is 1.82 bits per heavy atom. The molecule has 1 aliphatic heterocycles. The summed E-state index contributed by atoms with van der Waals surface area (Å²) in [7, 11) is 3.60. The van der Waals surface area contributed by atoms with Crippen LogP contribution in [0.15, 0.2) is 48.5 Å². The van der Waals surface area contributed by atoms with E-state index in [1.165, 1.54) is 5.56 Å². The van der Waals surface area contributed by atoms with Crippen LogP contribution in [0.2, 0.25) is 0 Å². The van der Waals surface area contributed by atoms with E-state index in [4.69, 9.17) is 9.47 Å². The van der Waals surface area contributed by atoms with Crippen molar-refractivity contribution in [3.63, 3.8) is 0 Å². The molecule has 0 amide bonds. The van der Waals surface area contributed by atoms with Crippen LogP contribution < -0.4 is 4.74 Å². The second kappa shape index (κ2) is 5.99. The number of ether oxygens (including phenoxy) is 2. The highest BCUT2D eigenvalue weighted by atomic mass is 16.5. The number of hydrogen-bond donors (Lipinski definition) is 1. The van der Waals surface area contributed by atoms with E-state index < -0.39 is 0 Å². The van der Waals surface area contributed by atoms with Crippen LogP contribution in [0.5, 0.6) is 11.5 Å². The lowest BCUT2D eigenvalue weighted by molar-refractivity contribution is 0.00545. The lowest BCUT2D eigenvalue weighted by Gasteiger charge is -2.22. The summed E-state index contributed by atoms with van der Waals surface area (Å²) in [5.74, 6) is 0.602. The minimum atomic E-state index is -0.158. The van der Waals surface area contributed by atoms with Crippen molar-refractivity contribution in [2.45, 2.75) is 25.3 Å². The molecule has 3 atom stereocenters. The van der Waals surface area contributed by atoms with E-state index >= 15 is 0 Å².